The van der Waals surface area contributed by atoms with E-state index in [9.17, 15) is 9.59 Å². The van der Waals surface area contributed by atoms with Crippen molar-refractivity contribution in [3.05, 3.63) is 57.8 Å². The average Bonchev–Trinajstić information content (AvgIpc) is 3.30. The van der Waals surface area contributed by atoms with Crippen molar-refractivity contribution < 1.29 is 9.59 Å². The number of thiophene rings is 1. The Morgan fingerprint density at radius 1 is 1.21 bits per heavy atom. The van der Waals surface area contributed by atoms with Crippen molar-refractivity contribution in [2.45, 2.75) is 56.9 Å². The van der Waals surface area contributed by atoms with E-state index in [-0.39, 0.29) is 29.2 Å². The first-order valence-corrected chi connectivity index (χ1v) is 11.1. The number of carbonyl (C=O) groups excluding carboxylic acids is 2. The second kappa shape index (κ2) is 7.70. The average molecular weight is 397 g/mol. The number of hydrogen-bond donors (Lipinski definition) is 1. The van der Waals surface area contributed by atoms with Crippen LogP contribution in [-0.2, 0) is 10.2 Å². The molecule has 1 spiro atoms. The van der Waals surface area contributed by atoms with Crippen LogP contribution >= 0.6 is 11.3 Å². The normalized spacial score (nSPS) is 20.4. The molecule has 1 aromatic heterocycles. The van der Waals surface area contributed by atoms with E-state index in [0.29, 0.717) is 6.42 Å². The maximum absolute atomic E-state index is 12.7. The van der Waals surface area contributed by atoms with Gasteiger partial charge in [-0.3, -0.25) is 9.59 Å². The Bertz CT molecular complexity index is 851. The van der Waals surface area contributed by atoms with E-state index >= 15 is 0 Å². The second-order valence-corrected chi connectivity index (χ2v) is 9.28. The number of benzene rings is 1. The SMILES string of the molecule is CC(C)NC(=O)CC1CC2(CCN(C(=O)c3ccsc3)CC2)c2ccccc21. The molecule has 1 atom stereocenters. The molecule has 1 saturated heterocycles. The van der Waals surface area contributed by atoms with Crippen LogP contribution in [0.5, 0.6) is 0 Å². The van der Waals surface area contributed by atoms with E-state index < -0.39 is 0 Å². The first-order valence-electron chi connectivity index (χ1n) is 10.2. The van der Waals surface area contributed by atoms with Gasteiger partial charge in [0.15, 0.2) is 0 Å². The van der Waals surface area contributed by atoms with Crippen LogP contribution < -0.4 is 5.32 Å². The zero-order chi connectivity index (χ0) is 19.7. The standard InChI is InChI=1S/C23H28N2O2S/c1-16(2)24-21(26)13-18-14-23(20-6-4-3-5-19(18)20)8-10-25(11-9-23)22(27)17-7-12-28-15-17/h3-7,12,15-16,18H,8-11,13-14H2,1-2H3,(H,24,26). The number of likely N-dealkylation sites (tertiary alicyclic amines) is 1. The zero-order valence-corrected chi connectivity index (χ0v) is 17.4. The minimum Gasteiger partial charge on any atom is -0.354 e. The zero-order valence-electron chi connectivity index (χ0n) is 16.6. The van der Waals surface area contributed by atoms with Crippen LogP contribution in [0, 0.1) is 0 Å². The van der Waals surface area contributed by atoms with Gasteiger partial charge in [0.1, 0.15) is 0 Å². The summed E-state index contributed by atoms with van der Waals surface area (Å²) >= 11 is 1.57. The summed E-state index contributed by atoms with van der Waals surface area (Å²) in [5.41, 5.74) is 3.64. The van der Waals surface area contributed by atoms with Gasteiger partial charge >= 0.3 is 0 Å². The van der Waals surface area contributed by atoms with Gasteiger partial charge in [-0.15, -0.1) is 0 Å². The summed E-state index contributed by atoms with van der Waals surface area (Å²) in [6, 6.07) is 10.7. The minimum absolute atomic E-state index is 0.102. The summed E-state index contributed by atoms with van der Waals surface area (Å²) in [6.07, 6.45) is 3.51. The first-order chi connectivity index (χ1) is 13.5. The fraction of sp³-hybridized carbons (Fsp3) is 0.478. The van der Waals surface area contributed by atoms with E-state index in [1.807, 2.05) is 35.6 Å². The molecule has 2 heterocycles. The van der Waals surface area contributed by atoms with E-state index in [4.69, 9.17) is 0 Å². The fourth-order valence-corrected chi connectivity index (χ4v) is 5.62. The topological polar surface area (TPSA) is 49.4 Å². The largest absolute Gasteiger partial charge is 0.354 e. The van der Waals surface area contributed by atoms with Gasteiger partial charge in [-0.05, 0) is 67.0 Å². The van der Waals surface area contributed by atoms with Crippen LogP contribution in [0.3, 0.4) is 0 Å². The molecule has 2 aliphatic rings. The number of amides is 2. The highest BCUT2D eigenvalue weighted by Crippen LogP contribution is 2.52. The third kappa shape index (κ3) is 3.60. The molecule has 0 bridgehead atoms. The molecule has 0 saturated carbocycles. The molecule has 1 aromatic carbocycles. The molecule has 2 amide bonds. The summed E-state index contributed by atoms with van der Waals surface area (Å²) in [6.45, 7) is 5.58. The van der Waals surface area contributed by atoms with Crippen molar-refractivity contribution in [3.63, 3.8) is 0 Å². The number of hydrogen-bond acceptors (Lipinski definition) is 3. The van der Waals surface area contributed by atoms with Gasteiger partial charge in [0.25, 0.3) is 5.91 Å². The van der Waals surface area contributed by atoms with Crippen molar-refractivity contribution in [3.8, 4) is 0 Å². The molecular weight excluding hydrogens is 368 g/mol. The lowest BCUT2D eigenvalue weighted by atomic mass is 9.73. The lowest BCUT2D eigenvalue weighted by Gasteiger charge is -2.40. The Kier molecular flexibility index (Phi) is 5.28. The smallest absolute Gasteiger partial charge is 0.254 e. The van der Waals surface area contributed by atoms with Crippen molar-refractivity contribution in [1.29, 1.82) is 0 Å². The van der Waals surface area contributed by atoms with Gasteiger partial charge in [-0.1, -0.05) is 24.3 Å². The van der Waals surface area contributed by atoms with Crippen LogP contribution in [0.2, 0.25) is 0 Å². The lowest BCUT2D eigenvalue weighted by Crippen LogP contribution is -2.44. The Morgan fingerprint density at radius 3 is 2.64 bits per heavy atom. The quantitative estimate of drug-likeness (QED) is 0.836. The first kappa shape index (κ1) is 19.2. The van der Waals surface area contributed by atoms with Gasteiger partial charge < -0.3 is 10.2 Å². The fourth-order valence-electron chi connectivity index (χ4n) is 4.99. The highest BCUT2D eigenvalue weighted by Gasteiger charge is 2.46. The minimum atomic E-state index is 0.102. The van der Waals surface area contributed by atoms with E-state index in [1.165, 1.54) is 11.1 Å². The van der Waals surface area contributed by atoms with Crippen LogP contribution in [-0.4, -0.2) is 35.8 Å². The van der Waals surface area contributed by atoms with Gasteiger partial charge in [0.2, 0.25) is 5.91 Å². The Labute approximate surface area is 170 Å². The highest BCUT2D eigenvalue weighted by atomic mass is 32.1. The molecule has 148 valence electrons. The summed E-state index contributed by atoms with van der Waals surface area (Å²) < 4.78 is 0. The van der Waals surface area contributed by atoms with E-state index in [0.717, 1.165) is 37.9 Å². The number of fused-ring (bicyclic) bond motifs is 2. The number of piperidine rings is 1. The molecule has 4 nitrogen and oxygen atoms in total. The molecule has 28 heavy (non-hydrogen) atoms. The molecule has 4 rings (SSSR count). The predicted molar refractivity (Wildman–Crippen MR) is 113 cm³/mol. The van der Waals surface area contributed by atoms with Gasteiger partial charge in [0, 0.05) is 30.9 Å². The molecule has 1 N–H and O–H groups in total. The van der Waals surface area contributed by atoms with Crippen LogP contribution in [0.4, 0.5) is 0 Å². The summed E-state index contributed by atoms with van der Waals surface area (Å²) in [7, 11) is 0. The van der Waals surface area contributed by atoms with Crippen molar-refractivity contribution in [1.82, 2.24) is 10.2 Å². The highest BCUT2D eigenvalue weighted by molar-refractivity contribution is 7.08. The summed E-state index contributed by atoms with van der Waals surface area (Å²) in [5.74, 6) is 0.557. The lowest BCUT2D eigenvalue weighted by molar-refractivity contribution is -0.122. The number of carbonyl (C=O) groups is 2. The van der Waals surface area contributed by atoms with Gasteiger partial charge in [0.05, 0.1) is 5.56 Å². The molecule has 1 fully saturated rings. The Morgan fingerprint density at radius 2 is 1.96 bits per heavy atom. The predicted octanol–water partition coefficient (Wildman–Crippen LogP) is 4.32. The maximum Gasteiger partial charge on any atom is 0.254 e. The van der Waals surface area contributed by atoms with Crippen LogP contribution in [0.15, 0.2) is 41.1 Å². The molecule has 1 aliphatic heterocycles. The van der Waals surface area contributed by atoms with Gasteiger partial charge in [-0.25, -0.2) is 0 Å². The molecule has 0 radical (unpaired) electrons. The van der Waals surface area contributed by atoms with E-state index in [1.54, 1.807) is 11.3 Å². The Hall–Kier alpha value is -2.14. The van der Waals surface area contributed by atoms with Crippen LogP contribution in [0.25, 0.3) is 0 Å². The molecule has 1 unspecified atom stereocenters. The third-order valence-electron chi connectivity index (χ3n) is 6.27. The second-order valence-electron chi connectivity index (χ2n) is 8.50. The van der Waals surface area contributed by atoms with Crippen molar-refractivity contribution >= 4 is 23.2 Å². The summed E-state index contributed by atoms with van der Waals surface area (Å²) in [4.78, 5) is 27.1. The molecular formula is C23H28N2O2S. The van der Waals surface area contributed by atoms with E-state index in [2.05, 4.69) is 29.6 Å². The number of nitrogens with one attached hydrogen (secondary N) is 1. The van der Waals surface area contributed by atoms with Gasteiger partial charge in [-0.2, -0.15) is 11.3 Å². The molecule has 5 heteroatoms. The third-order valence-corrected chi connectivity index (χ3v) is 6.95. The number of nitrogens with zero attached hydrogens (tertiary/aromatic N) is 1. The maximum atomic E-state index is 12.7. The van der Waals surface area contributed by atoms with Crippen molar-refractivity contribution in [2.24, 2.45) is 0 Å². The number of rotatable bonds is 4. The summed E-state index contributed by atoms with van der Waals surface area (Å²) in [5, 5.41) is 6.93. The molecule has 1 aliphatic carbocycles. The monoisotopic (exact) mass is 396 g/mol. The Balaban J connectivity index is 1.49. The van der Waals surface area contributed by atoms with Crippen molar-refractivity contribution in [2.75, 3.05) is 13.1 Å². The molecule has 2 aromatic rings. The van der Waals surface area contributed by atoms with Crippen LogP contribution in [0.1, 0.15) is 66.9 Å².